The largest absolute Gasteiger partial charge is 0.347 e. The van der Waals surface area contributed by atoms with Gasteiger partial charge in [0.2, 0.25) is 11.7 Å². The lowest BCUT2D eigenvalue weighted by Gasteiger charge is -2.30. The topological polar surface area (TPSA) is 90.9 Å². The van der Waals surface area contributed by atoms with Crippen molar-refractivity contribution in [3.63, 3.8) is 0 Å². The number of Topliss-reactive ketones (excluding diaryl/α,β-unsaturated/α-hetero) is 1. The Kier molecular flexibility index (Phi) is 9.23. The van der Waals surface area contributed by atoms with Crippen LogP contribution in [0.25, 0.3) is 0 Å². The lowest BCUT2D eigenvalue weighted by atomic mass is 9.81. The number of carbonyl (C=O) groups excluding carboxylic acids is 3. The van der Waals surface area contributed by atoms with E-state index in [2.05, 4.69) is 27.7 Å². The molecule has 2 atom stereocenters. The highest BCUT2D eigenvalue weighted by Crippen LogP contribution is 2.29. The maximum absolute atomic E-state index is 13.1. The first kappa shape index (κ1) is 24.1. The molecule has 1 heterocycles. The molecule has 1 aliphatic heterocycles. The van der Waals surface area contributed by atoms with Crippen molar-refractivity contribution in [1.82, 2.24) is 15.6 Å². The van der Waals surface area contributed by atoms with Gasteiger partial charge in [0.05, 0.1) is 0 Å². The molecule has 2 saturated carbocycles. The third-order valence-corrected chi connectivity index (χ3v) is 8.21. The van der Waals surface area contributed by atoms with E-state index in [-0.39, 0.29) is 17.7 Å². The maximum Gasteiger partial charge on any atom is 0.309 e. The van der Waals surface area contributed by atoms with E-state index in [0.717, 1.165) is 75.3 Å². The lowest BCUT2D eigenvalue weighted by Crippen LogP contribution is -2.52. The number of thioether (sulfide) groups is 1. The van der Waals surface area contributed by atoms with Crippen molar-refractivity contribution in [2.75, 3.05) is 12.3 Å². The van der Waals surface area contributed by atoms with Crippen LogP contribution >= 0.6 is 11.8 Å². The molecule has 3 fully saturated rings. The van der Waals surface area contributed by atoms with E-state index in [1.165, 1.54) is 12.8 Å². The number of nitrogens with one attached hydrogen (secondary N) is 2. The summed E-state index contributed by atoms with van der Waals surface area (Å²) in [5.74, 6) is -0.430. The van der Waals surface area contributed by atoms with Crippen molar-refractivity contribution in [3.05, 3.63) is 0 Å². The molecule has 0 aromatic rings. The smallest absolute Gasteiger partial charge is 0.309 e. The van der Waals surface area contributed by atoms with Crippen LogP contribution in [0.3, 0.4) is 0 Å². The highest BCUT2D eigenvalue weighted by atomic mass is 32.2. The average molecular weight is 451 g/mol. The van der Waals surface area contributed by atoms with Gasteiger partial charge in [0.15, 0.2) is 5.17 Å². The van der Waals surface area contributed by atoms with Gasteiger partial charge in [-0.3, -0.25) is 14.4 Å². The Bertz CT molecular complexity index is 670. The number of ketones is 1. The molecule has 174 valence electrons. The molecule has 0 aromatic heterocycles. The van der Waals surface area contributed by atoms with Crippen LogP contribution in [-0.4, -0.2) is 52.0 Å². The van der Waals surface area contributed by atoms with Gasteiger partial charge < -0.3 is 10.2 Å². The number of hydrogen-bond donors (Lipinski definition) is 2. The maximum atomic E-state index is 13.1. The van der Waals surface area contributed by atoms with E-state index in [1.807, 2.05) is 6.92 Å². The van der Waals surface area contributed by atoms with E-state index in [4.69, 9.17) is 0 Å². The first-order chi connectivity index (χ1) is 15.0. The van der Waals surface area contributed by atoms with Crippen molar-refractivity contribution in [2.45, 2.75) is 96.6 Å². The first-order valence-electron chi connectivity index (χ1n) is 12.1. The molecular weight excluding hydrogens is 412 g/mol. The second kappa shape index (κ2) is 11.9. The normalized spacial score (nSPS) is 25.8. The number of hydrogen-bond acceptors (Lipinski definition) is 5. The molecular formula is C23H38N4O3S. The Morgan fingerprint density at radius 2 is 1.65 bits per heavy atom. The molecule has 2 amide bonds. The predicted molar refractivity (Wildman–Crippen MR) is 125 cm³/mol. The standard InChI is InChI=1S/C23H38N4O3S/c1-3-27-16(2)15-31-23(27)26-25-22(30)20(28)19(17-11-9-6-10-12-17)24-21(29)18-13-7-4-5-8-14-18/h16-19H,3-15H2,1-2H3,(H,24,29)(H,25,30)/b26-23-/t16-,19?/m1/s1. The quantitative estimate of drug-likeness (QED) is 0.352. The van der Waals surface area contributed by atoms with E-state index >= 15 is 0 Å². The molecule has 1 unspecified atom stereocenters. The Hall–Kier alpha value is -1.57. The molecule has 7 nitrogen and oxygen atoms in total. The number of amides is 2. The van der Waals surface area contributed by atoms with Crippen LogP contribution in [0, 0.1) is 11.8 Å². The first-order valence-corrected chi connectivity index (χ1v) is 13.1. The van der Waals surface area contributed by atoms with Crippen LogP contribution in [0.1, 0.15) is 84.5 Å². The van der Waals surface area contributed by atoms with Crippen LogP contribution in [-0.2, 0) is 14.4 Å². The van der Waals surface area contributed by atoms with Crippen LogP contribution in [0.15, 0.2) is 5.10 Å². The van der Waals surface area contributed by atoms with Crippen molar-refractivity contribution in [3.8, 4) is 0 Å². The lowest BCUT2D eigenvalue weighted by molar-refractivity contribution is -0.141. The fourth-order valence-corrected chi connectivity index (χ4v) is 6.23. The van der Waals surface area contributed by atoms with Crippen LogP contribution < -0.4 is 10.7 Å². The van der Waals surface area contributed by atoms with Gasteiger partial charge >= 0.3 is 5.91 Å². The van der Waals surface area contributed by atoms with Gasteiger partial charge in [0, 0.05) is 24.3 Å². The van der Waals surface area contributed by atoms with Gasteiger partial charge in [-0.2, -0.15) is 0 Å². The summed E-state index contributed by atoms with van der Waals surface area (Å²) >= 11 is 1.58. The fourth-order valence-electron chi connectivity index (χ4n) is 5.07. The molecule has 0 spiro atoms. The van der Waals surface area contributed by atoms with Gasteiger partial charge in [0.25, 0.3) is 0 Å². The molecule has 1 saturated heterocycles. The van der Waals surface area contributed by atoms with Gasteiger partial charge in [-0.15, -0.1) is 5.10 Å². The van der Waals surface area contributed by atoms with Gasteiger partial charge in [-0.25, -0.2) is 5.43 Å². The van der Waals surface area contributed by atoms with Crippen LogP contribution in [0.4, 0.5) is 0 Å². The van der Waals surface area contributed by atoms with Crippen molar-refractivity contribution < 1.29 is 14.4 Å². The van der Waals surface area contributed by atoms with Crippen LogP contribution in [0.5, 0.6) is 0 Å². The van der Waals surface area contributed by atoms with Crippen LogP contribution in [0.2, 0.25) is 0 Å². The summed E-state index contributed by atoms with van der Waals surface area (Å²) in [7, 11) is 0. The molecule has 0 aromatic carbocycles. The molecule has 8 heteroatoms. The molecule has 0 bridgehead atoms. The SMILES string of the molecule is CCN1/C(=N/NC(=O)C(=O)C(NC(=O)C2CCCCCC2)C2CCCCC2)SC[C@H]1C. The minimum Gasteiger partial charge on any atom is -0.347 e. The van der Waals surface area contributed by atoms with Gasteiger partial charge in [0.1, 0.15) is 6.04 Å². The molecule has 2 N–H and O–H groups in total. The zero-order valence-electron chi connectivity index (χ0n) is 19.0. The summed E-state index contributed by atoms with van der Waals surface area (Å²) < 4.78 is 0. The third kappa shape index (κ3) is 6.46. The molecule has 31 heavy (non-hydrogen) atoms. The van der Waals surface area contributed by atoms with E-state index in [0.29, 0.717) is 6.04 Å². The Morgan fingerprint density at radius 3 is 2.29 bits per heavy atom. The molecule has 3 aliphatic rings. The number of amidine groups is 1. The summed E-state index contributed by atoms with van der Waals surface area (Å²) in [6, 6.07) is -0.385. The third-order valence-electron chi connectivity index (χ3n) is 6.98. The second-order valence-corrected chi connectivity index (χ2v) is 10.2. The minimum atomic E-state index is -0.742. The Labute approximate surface area is 190 Å². The van der Waals surface area contributed by atoms with Gasteiger partial charge in [-0.1, -0.05) is 56.7 Å². The molecule has 2 aliphatic carbocycles. The van der Waals surface area contributed by atoms with E-state index < -0.39 is 17.7 Å². The predicted octanol–water partition coefficient (Wildman–Crippen LogP) is 3.44. The fraction of sp³-hybridized carbons (Fsp3) is 0.826. The monoisotopic (exact) mass is 450 g/mol. The number of nitrogens with zero attached hydrogens (tertiary/aromatic N) is 2. The second-order valence-electron chi connectivity index (χ2n) is 9.22. The molecule has 0 radical (unpaired) electrons. The van der Waals surface area contributed by atoms with Gasteiger partial charge in [-0.05, 0) is 45.4 Å². The number of hydrazone groups is 1. The van der Waals surface area contributed by atoms with Crippen molar-refractivity contribution in [1.29, 1.82) is 0 Å². The zero-order valence-corrected chi connectivity index (χ0v) is 19.8. The summed E-state index contributed by atoms with van der Waals surface area (Å²) in [5, 5.41) is 7.98. The Balaban J connectivity index is 1.66. The van der Waals surface area contributed by atoms with E-state index in [9.17, 15) is 14.4 Å². The van der Waals surface area contributed by atoms with E-state index in [1.54, 1.807) is 11.8 Å². The highest BCUT2D eigenvalue weighted by Gasteiger charge is 2.36. The summed E-state index contributed by atoms with van der Waals surface area (Å²) in [4.78, 5) is 41.0. The zero-order chi connectivity index (χ0) is 22.2. The van der Waals surface area contributed by atoms with Crippen molar-refractivity contribution in [2.24, 2.45) is 16.9 Å². The Morgan fingerprint density at radius 1 is 1.03 bits per heavy atom. The summed E-state index contributed by atoms with van der Waals surface area (Å²) in [6.07, 6.45) is 11.2. The summed E-state index contributed by atoms with van der Waals surface area (Å²) in [5.41, 5.74) is 2.48. The summed E-state index contributed by atoms with van der Waals surface area (Å²) in [6.45, 7) is 4.97. The minimum absolute atomic E-state index is 0.0300. The van der Waals surface area contributed by atoms with Crippen molar-refractivity contribution >= 4 is 34.5 Å². The average Bonchev–Trinajstić information content (AvgIpc) is 2.96. The molecule has 3 rings (SSSR count). The highest BCUT2D eigenvalue weighted by molar-refractivity contribution is 8.14. The number of rotatable bonds is 7. The number of carbonyl (C=O) groups is 3.